The second-order valence-corrected chi connectivity index (χ2v) is 3.93. The van der Waals surface area contributed by atoms with Crippen molar-refractivity contribution in [3.8, 4) is 0 Å². The number of rotatable bonds is 4. The van der Waals surface area contributed by atoms with Crippen LogP contribution in [-0.4, -0.2) is 53.1 Å². The molecule has 0 radical (unpaired) electrons. The molecular weight excluding hydrogens is 188 g/mol. The van der Waals surface area contributed by atoms with Crippen LogP contribution in [0.3, 0.4) is 0 Å². The molecule has 5 heteroatoms. The fourth-order valence-electron chi connectivity index (χ4n) is 1.29. The van der Waals surface area contributed by atoms with Crippen molar-refractivity contribution in [3.05, 3.63) is 0 Å². The van der Waals surface area contributed by atoms with Crippen molar-refractivity contribution < 1.29 is 24.8 Å². The molecule has 1 rings (SSSR count). The molecule has 1 saturated heterocycles. The summed E-state index contributed by atoms with van der Waals surface area (Å²) in [5, 5.41) is 27.6. The first-order chi connectivity index (χ1) is 6.56. The highest BCUT2D eigenvalue weighted by Gasteiger charge is 2.42. The molecule has 0 bridgehead atoms. The minimum atomic E-state index is -1.08. The van der Waals surface area contributed by atoms with Gasteiger partial charge in [-0.2, -0.15) is 0 Å². The van der Waals surface area contributed by atoms with Crippen LogP contribution in [0.1, 0.15) is 13.8 Å². The van der Waals surface area contributed by atoms with E-state index in [1.54, 1.807) is 0 Å². The highest BCUT2D eigenvalue weighted by Crippen LogP contribution is 2.22. The van der Waals surface area contributed by atoms with E-state index in [0.717, 1.165) is 0 Å². The van der Waals surface area contributed by atoms with Crippen molar-refractivity contribution in [2.45, 2.75) is 38.4 Å². The topological polar surface area (TPSA) is 79.2 Å². The highest BCUT2D eigenvalue weighted by atomic mass is 16.7. The second-order valence-electron chi connectivity index (χ2n) is 3.93. The van der Waals surface area contributed by atoms with Crippen molar-refractivity contribution in [1.82, 2.24) is 0 Å². The monoisotopic (exact) mass is 206 g/mol. The van der Waals surface area contributed by atoms with Crippen molar-refractivity contribution in [2.24, 2.45) is 5.92 Å². The molecule has 0 spiro atoms. The van der Waals surface area contributed by atoms with Crippen LogP contribution in [-0.2, 0) is 9.47 Å². The Bertz CT molecular complexity index is 173. The SMILES string of the molecule is CC(C)COC1O[C@H](CO)[C@@H](O)[C@@H]1O. The largest absolute Gasteiger partial charge is 0.394 e. The Hall–Kier alpha value is -0.200. The Balaban J connectivity index is 2.40. The van der Waals surface area contributed by atoms with Crippen molar-refractivity contribution in [1.29, 1.82) is 0 Å². The summed E-state index contributed by atoms with van der Waals surface area (Å²) in [5.74, 6) is 0.330. The predicted octanol–water partition coefficient (Wildman–Crippen LogP) is -0.902. The van der Waals surface area contributed by atoms with E-state index in [1.165, 1.54) is 0 Å². The number of ether oxygens (including phenoxy) is 2. The van der Waals surface area contributed by atoms with Crippen LogP contribution < -0.4 is 0 Å². The lowest BCUT2D eigenvalue weighted by molar-refractivity contribution is -0.174. The van der Waals surface area contributed by atoms with Gasteiger partial charge in [0.1, 0.15) is 18.3 Å². The quantitative estimate of drug-likeness (QED) is 0.555. The van der Waals surface area contributed by atoms with Gasteiger partial charge in [-0.1, -0.05) is 13.8 Å². The lowest BCUT2D eigenvalue weighted by Crippen LogP contribution is -2.34. The molecule has 1 aliphatic rings. The van der Waals surface area contributed by atoms with E-state index < -0.39 is 24.6 Å². The summed E-state index contributed by atoms with van der Waals surface area (Å²) < 4.78 is 10.3. The maximum atomic E-state index is 9.46. The van der Waals surface area contributed by atoms with Crippen molar-refractivity contribution >= 4 is 0 Å². The van der Waals surface area contributed by atoms with Crippen LogP contribution >= 0.6 is 0 Å². The molecular formula is C9H18O5. The molecule has 84 valence electrons. The van der Waals surface area contributed by atoms with E-state index in [1.807, 2.05) is 13.8 Å². The molecule has 0 aliphatic carbocycles. The Morgan fingerprint density at radius 1 is 1.29 bits per heavy atom. The Morgan fingerprint density at radius 2 is 1.93 bits per heavy atom. The van der Waals surface area contributed by atoms with Gasteiger partial charge in [-0.05, 0) is 5.92 Å². The van der Waals surface area contributed by atoms with Gasteiger partial charge in [-0.25, -0.2) is 0 Å². The maximum absolute atomic E-state index is 9.46. The highest BCUT2D eigenvalue weighted by molar-refractivity contribution is 4.86. The van der Waals surface area contributed by atoms with Crippen LogP contribution in [0.2, 0.25) is 0 Å². The lowest BCUT2D eigenvalue weighted by Gasteiger charge is -2.16. The van der Waals surface area contributed by atoms with Crippen LogP contribution in [0, 0.1) is 5.92 Å². The van der Waals surface area contributed by atoms with E-state index in [9.17, 15) is 10.2 Å². The standard InChI is InChI=1S/C9H18O5/c1-5(2)4-13-9-8(12)7(11)6(3-10)14-9/h5-12H,3-4H2,1-2H3/t6-,7-,8+,9?/m1/s1. The normalized spacial score (nSPS) is 38.1. The molecule has 3 N–H and O–H groups in total. The summed E-state index contributed by atoms with van der Waals surface area (Å²) in [4.78, 5) is 0. The molecule has 0 saturated carbocycles. The third-order valence-corrected chi connectivity index (χ3v) is 2.09. The first-order valence-corrected chi connectivity index (χ1v) is 4.80. The second kappa shape index (κ2) is 5.04. The summed E-state index contributed by atoms with van der Waals surface area (Å²) in [5.41, 5.74) is 0. The van der Waals surface area contributed by atoms with Crippen molar-refractivity contribution in [3.63, 3.8) is 0 Å². The van der Waals surface area contributed by atoms with E-state index >= 15 is 0 Å². The fraction of sp³-hybridized carbons (Fsp3) is 1.00. The third-order valence-electron chi connectivity index (χ3n) is 2.09. The zero-order valence-corrected chi connectivity index (χ0v) is 8.46. The smallest absolute Gasteiger partial charge is 0.186 e. The van der Waals surface area contributed by atoms with Gasteiger partial charge >= 0.3 is 0 Å². The van der Waals surface area contributed by atoms with Crippen LogP contribution in [0.5, 0.6) is 0 Å². The average molecular weight is 206 g/mol. The summed E-state index contributed by atoms with van der Waals surface area (Å²) in [6.45, 7) is 4.08. The minimum Gasteiger partial charge on any atom is -0.394 e. The van der Waals surface area contributed by atoms with Crippen LogP contribution in [0.15, 0.2) is 0 Å². The molecule has 5 nitrogen and oxygen atoms in total. The number of hydrogen-bond acceptors (Lipinski definition) is 5. The lowest BCUT2D eigenvalue weighted by atomic mass is 10.1. The average Bonchev–Trinajstić information content (AvgIpc) is 2.41. The molecule has 1 heterocycles. The Kier molecular flexibility index (Phi) is 4.28. The molecule has 0 aromatic carbocycles. The van der Waals surface area contributed by atoms with Gasteiger partial charge in [0.25, 0.3) is 0 Å². The van der Waals surface area contributed by atoms with Crippen molar-refractivity contribution in [2.75, 3.05) is 13.2 Å². The zero-order valence-electron chi connectivity index (χ0n) is 8.46. The third kappa shape index (κ3) is 2.65. The summed E-state index contributed by atoms with van der Waals surface area (Å²) in [7, 11) is 0. The fourth-order valence-corrected chi connectivity index (χ4v) is 1.29. The molecule has 0 amide bonds. The van der Waals surface area contributed by atoms with Gasteiger partial charge in [0, 0.05) is 0 Å². The van der Waals surface area contributed by atoms with E-state index in [0.29, 0.717) is 12.5 Å². The molecule has 0 aromatic rings. The van der Waals surface area contributed by atoms with Gasteiger partial charge in [0.05, 0.1) is 13.2 Å². The summed E-state index contributed by atoms with van der Waals surface area (Å²) in [6.07, 6.45) is -3.73. The molecule has 4 atom stereocenters. The number of aliphatic hydroxyl groups is 3. The van der Waals surface area contributed by atoms with Gasteiger partial charge in [0.15, 0.2) is 6.29 Å². The minimum absolute atomic E-state index is 0.320. The molecule has 0 aromatic heterocycles. The zero-order chi connectivity index (χ0) is 10.7. The van der Waals surface area contributed by atoms with Gasteiger partial charge in [0.2, 0.25) is 0 Å². The number of hydrogen-bond donors (Lipinski definition) is 3. The molecule has 14 heavy (non-hydrogen) atoms. The Morgan fingerprint density at radius 3 is 2.36 bits per heavy atom. The molecule has 1 unspecified atom stereocenters. The van der Waals surface area contributed by atoms with Crippen LogP contribution in [0.25, 0.3) is 0 Å². The summed E-state index contributed by atoms with van der Waals surface area (Å²) >= 11 is 0. The van der Waals surface area contributed by atoms with Gasteiger partial charge < -0.3 is 24.8 Å². The number of aliphatic hydroxyl groups excluding tert-OH is 3. The molecule has 1 aliphatic heterocycles. The van der Waals surface area contributed by atoms with Gasteiger partial charge in [-0.15, -0.1) is 0 Å². The maximum Gasteiger partial charge on any atom is 0.186 e. The first-order valence-electron chi connectivity index (χ1n) is 4.80. The van der Waals surface area contributed by atoms with Crippen LogP contribution in [0.4, 0.5) is 0 Å². The predicted molar refractivity (Wildman–Crippen MR) is 48.6 cm³/mol. The van der Waals surface area contributed by atoms with E-state index in [4.69, 9.17) is 14.6 Å². The van der Waals surface area contributed by atoms with E-state index in [-0.39, 0.29) is 6.61 Å². The molecule has 1 fully saturated rings. The van der Waals surface area contributed by atoms with Gasteiger partial charge in [-0.3, -0.25) is 0 Å². The summed E-state index contributed by atoms with van der Waals surface area (Å²) in [6, 6.07) is 0. The van der Waals surface area contributed by atoms with E-state index in [2.05, 4.69) is 0 Å². The first kappa shape index (κ1) is 11.9. The Labute approximate surface area is 83.3 Å².